The van der Waals surface area contributed by atoms with Crippen LogP contribution in [0.4, 0.5) is 0 Å². The third-order valence-electron chi connectivity index (χ3n) is 0.791. The van der Waals surface area contributed by atoms with Gasteiger partial charge in [-0.05, 0) is 0 Å². The predicted octanol–water partition coefficient (Wildman–Crippen LogP) is 2.19. The summed E-state index contributed by atoms with van der Waals surface area (Å²) in [7, 11) is 0. The van der Waals surface area contributed by atoms with Crippen molar-refractivity contribution in [2.75, 3.05) is 0 Å². The zero-order valence-corrected chi connectivity index (χ0v) is 10.0. The monoisotopic (exact) mass is 328 g/mol. The van der Waals surface area contributed by atoms with Crippen molar-refractivity contribution in [2.24, 2.45) is 0 Å². The zero-order chi connectivity index (χ0) is 6.24. The molecule has 0 heterocycles. The van der Waals surface area contributed by atoms with Crippen molar-refractivity contribution in [2.45, 2.75) is 26.2 Å². The van der Waals surface area contributed by atoms with Crippen LogP contribution in [0.2, 0.25) is 0 Å². The van der Waals surface area contributed by atoms with Crippen LogP contribution in [0, 0.1) is 9.86 Å². The zero-order valence-electron chi connectivity index (χ0n) is 5.00. The topological polar surface area (TPSA) is 0 Å². The van der Waals surface area contributed by atoms with Gasteiger partial charge in [0.1, 0.15) is 0 Å². The van der Waals surface area contributed by atoms with Crippen LogP contribution < -0.4 is 0 Å². The van der Waals surface area contributed by atoms with E-state index in [2.05, 4.69) is 35.4 Å². The van der Waals surface area contributed by atoms with Gasteiger partial charge < -0.3 is 0 Å². The molecular weight excluding hydrogens is 318 g/mol. The third-order valence-corrected chi connectivity index (χ3v) is 3.37. The molecule has 0 saturated carbocycles. The maximum atomic E-state index is 3.19. The maximum absolute atomic E-state index is 3.19. The van der Waals surface area contributed by atoms with Gasteiger partial charge in [0.2, 0.25) is 0 Å². The molecule has 0 aromatic heterocycles. The first-order valence-electron chi connectivity index (χ1n) is 2.75. The van der Waals surface area contributed by atoms with E-state index in [1.807, 2.05) is 0 Å². The molecule has 0 saturated heterocycles. The molecule has 0 bridgehead atoms. The number of rotatable bonds is 2. The normalized spacial score (nSPS) is 6.75. The first kappa shape index (κ1) is 9.09. The molecule has 2 heteroatoms. The first-order valence-corrected chi connectivity index (χ1v) is 12.5. The first-order chi connectivity index (χ1) is 3.91. The predicted molar refractivity (Wildman–Crippen MR) is 47.1 cm³/mol. The van der Waals surface area contributed by atoms with E-state index in [1.165, 1.54) is 12.8 Å². The van der Waals surface area contributed by atoms with Crippen molar-refractivity contribution >= 4 is 35.8 Å². The van der Waals surface area contributed by atoms with Gasteiger partial charge in [-0.1, -0.05) is 0 Å². The van der Waals surface area contributed by atoms with Gasteiger partial charge in [0.25, 0.3) is 0 Å². The van der Waals surface area contributed by atoms with E-state index in [0.29, 0.717) is 0 Å². The summed E-state index contributed by atoms with van der Waals surface area (Å²) in [5.41, 5.74) is 0. The Kier molecular flexibility index (Phi) is 9.19. The number of hydrogen-bond donors (Lipinski definition) is 0. The van der Waals surface area contributed by atoms with Crippen molar-refractivity contribution in [3.63, 3.8) is 0 Å². The van der Waals surface area contributed by atoms with Gasteiger partial charge in [-0.3, -0.25) is 0 Å². The van der Waals surface area contributed by atoms with Crippen molar-refractivity contribution in [1.82, 2.24) is 0 Å². The number of hydrogen-bond acceptors (Lipinski definition) is 0. The Hall–Kier alpha value is 1.09. The van der Waals surface area contributed by atoms with E-state index in [4.69, 9.17) is 0 Å². The van der Waals surface area contributed by atoms with Crippen molar-refractivity contribution in [1.29, 1.82) is 0 Å². The Bertz CT molecular complexity index is 90.4. The summed E-state index contributed by atoms with van der Waals surface area (Å²) < 4.78 is 3.19. The van der Waals surface area contributed by atoms with Crippen LogP contribution in [0.1, 0.15) is 26.2 Å². The summed E-state index contributed by atoms with van der Waals surface area (Å²) in [6, 6.07) is 0. The molecule has 0 N–H and O–H groups in total. The van der Waals surface area contributed by atoms with Gasteiger partial charge in [0.05, 0.1) is 0 Å². The van der Waals surface area contributed by atoms with Crippen LogP contribution in [0.15, 0.2) is 0 Å². The Morgan fingerprint density at radius 1 is 1.62 bits per heavy atom. The molecule has 0 unspecified atom stereocenters. The Balaban J connectivity index is 2.90. The van der Waals surface area contributed by atoms with Crippen LogP contribution in [0.25, 0.3) is 0 Å². The summed E-state index contributed by atoms with van der Waals surface area (Å²) in [6.07, 6.45) is 3.68. The molecule has 0 amide bonds. The quantitative estimate of drug-likeness (QED) is 0.316. The van der Waals surface area contributed by atoms with Gasteiger partial charge in [0.15, 0.2) is 0 Å². The van der Waals surface area contributed by atoms with Crippen LogP contribution in [0.5, 0.6) is 0 Å². The van der Waals surface area contributed by atoms with Crippen molar-refractivity contribution in [3.8, 4) is 9.86 Å². The van der Waals surface area contributed by atoms with Crippen LogP contribution in [-0.2, 0) is 0 Å². The van der Waals surface area contributed by atoms with Crippen LogP contribution >= 0.6 is 18.6 Å². The van der Waals surface area contributed by atoms with Gasteiger partial charge >= 0.3 is 71.9 Å². The van der Waals surface area contributed by atoms with Gasteiger partial charge in [-0.2, -0.15) is 0 Å². The van der Waals surface area contributed by atoms with E-state index in [0.717, 1.165) is 6.42 Å². The van der Waals surface area contributed by atoms with Crippen LogP contribution in [0.3, 0.4) is 0 Å². The van der Waals surface area contributed by atoms with Gasteiger partial charge in [-0.25, -0.2) is 0 Å². The summed E-state index contributed by atoms with van der Waals surface area (Å²) in [5.74, 6) is 3.15. The Morgan fingerprint density at radius 2 is 2.38 bits per heavy atom. The molecule has 8 heavy (non-hydrogen) atoms. The molecule has 0 aliphatic rings. The molecule has 0 rings (SSSR count). The minimum atomic E-state index is -0.224. The molecule has 0 radical (unpaired) electrons. The van der Waals surface area contributed by atoms with Gasteiger partial charge in [-0.15, -0.1) is 0 Å². The Morgan fingerprint density at radius 3 is 2.88 bits per heavy atom. The molecule has 0 aromatic rings. The van der Waals surface area contributed by atoms with Crippen molar-refractivity contribution < 1.29 is 0 Å². The second kappa shape index (κ2) is 8.09. The molecule has 42 valence electrons. The fourth-order valence-corrected chi connectivity index (χ4v) is 2.19. The second-order valence-electron chi connectivity index (χ2n) is 1.50. The second-order valence-corrected chi connectivity index (χ2v) is 6.37. The molecule has 0 spiro atoms. The summed E-state index contributed by atoms with van der Waals surface area (Å²) >= 11 is 2.21. The summed E-state index contributed by atoms with van der Waals surface area (Å²) in [5, 5.41) is 0. The molecule has 0 fully saturated rings. The van der Waals surface area contributed by atoms with E-state index in [1.54, 1.807) is 0 Å². The van der Waals surface area contributed by atoms with Gasteiger partial charge in [0, 0.05) is 0 Å². The fourth-order valence-electron chi connectivity index (χ4n) is 0.361. The molecule has 0 nitrogen and oxygen atoms in total. The van der Waals surface area contributed by atoms with E-state index in [9.17, 15) is 0 Å². The standard InChI is InChI=1S/C6H9.HI.Sn/c1-3-5-6-4-2;;/h3,5-6H2,1H3;1H;/q;;+3/p-1. The fraction of sp³-hybridized carbons (Fsp3) is 0.667. The minimum absolute atomic E-state index is 0.224. The third kappa shape index (κ3) is 7.09. The summed E-state index contributed by atoms with van der Waals surface area (Å²) in [4.78, 5) is 0. The molecule has 0 atom stereocenters. The number of unbranched alkanes of at least 4 members (excludes halogenated alkanes) is 2. The van der Waals surface area contributed by atoms with Crippen LogP contribution in [-0.4, -0.2) is 17.2 Å². The number of halogens is 1. The summed E-state index contributed by atoms with van der Waals surface area (Å²) in [6.45, 7) is 2.20. The van der Waals surface area contributed by atoms with E-state index >= 15 is 0 Å². The Labute approximate surface area is 71.2 Å². The molecule has 0 aliphatic heterocycles. The molecular formula is C6H9ISn+2. The SMILES string of the molecule is CCCCC#[C][Sn+2][I]. The average Bonchev–Trinajstić information content (AvgIpc) is 1.81. The van der Waals surface area contributed by atoms with Crippen molar-refractivity contribution in [3.05, 3.63) is 0 Å². The van der Waals surface area contributed by atoms with E-state index in [-0.39, 0.29) is 17.2 Å². The molecule has 0 aromatic carbocycles. The average molecular weight is 327 g/mol. The van der Waals surface area contributed by atoms with E-state index < -0.39 is 0 Å². The molecule has 0 aliphatic carbocycles.